The monoisotopic (exact) mass is 420 g/mol. The number of rotatable bonds is 6. The zero-order valence-corrected chi connectivity index (χ0v) is 17.6. The summed E-state index contributed by atoms with van der Waals surface area (Å²) in [6.45, 7) is 5.62. The van der Waals surface area contributed by atoms with Crippen LogP contribution in [0.3, 0.4) is 0 Å². The van der Waals surface area contributed by atoms with Gasteiger partial charge in [-0.05, 0) is 45.0 Å². The lowest BCUT2D eigenvalue weighted by molar-refractivity contribution is -0.115. The fourth-order valence-corrected chi connectivity index (χ4v) is 3.69. The number of carbonyl (C=O) groups is 1. The van der Waals surface area contributed by atoms with Gasteiger partial charge in [-0.15, -0.1) is 10.2 Å². The van der Waals surface area contributed by atoms with Gasteiger partial charge in [-0.25, -0.2) is 0 Å². The third-order valence-corrected chi connectivity index (χ3v) is 5.44. The van der Waals surface area contributed by atoms with Crippen molar-refractivity contribution in [2.45, 2.75) is 31.2 Å². The normalized spacial score (nSPS) is 12.0. The molecule has 8 nitrogen and oxygen atoms in total. The van der Waals surface area contributed by atoms with Crippen LogP contribution in [0.4, 0.5) is 5.82 Å². The Hall–Kier alpha value is -3.46. The number of nitrogens with zero attached hydrogens (tertiary/aromatic N) is 5. The molecule has 4 aromatic rings. The summed E-state index contributed by atoms with van der Waals surface area (Å²) in [5.41, 5.74) is 2.96. The predicted molar refractivity (Wildman–Crippen MR) is 115 cm³/mol. The zero-order valence-electron chi connectivity index (χ0n) is 16.7. The highest BCUT2D eigenvalue weighted by molar-refractivity contribution is 8.00. The third-order valence-electron chi connectivity index (χ3n) is 4.39. The molecule has 0 saturated carbocycles. The third kappa shape index (κ3) is 4.25. The molecule has 4 rings (SSSR count). The van der Waals surface area contributed by atoms with Crippen molar-refractivity contribution in [2.24, 2.45) is 0 Å². The second-order valence-electron chi connectivity index (χ2n) is 6.79. The van der Waals surface area contributed by atoms with E-state index in [2.05, 4.69) is 25.7 Å². The number of amides is 1. The molecular formula is C21H20N6O2S. The van der Waals surface area contributed by atoms with E-state index in [0.717, 1.165) is 16.8 Å². The minimum absolute atomic E-state index is 0.197. The van der Waals surface area contributed by atoms with Crippen LogP contribution in [-0.4, -0.2) is 36.1 Å². The fraction of sp³-hybridized carbons (Fsp3) is 0.190. The van der Waals surface area contributed by atoms with E-state index in [1.54, 1.807) is 25.4 Å². The maximum atomic E-state index is 12.6. The van der Waals surface area contributed by atoms with Crippen LogP contribution in [0.5, 0.6) is 0 Å². The van der Waals surface area contributed by atoms with Crippen molar-refractivity contribution in [3.63, 3.8) is 0 Å². The molecule has 0 radical (unpaired) electrons. The highest BCUT2D eigenvalue weighted by Crippen LogP contribution is 2.30. The Kier molecular flexibility index (Phi) is 5.62. The van der Waals surface area contributed by atoms with E-state index in [1.165, 1.54) is 11.8 Å². The first-order valence-corrected chi connectivity index (χ1v) is 10.2. The Morgan fingerprint density at radius 2 is 1.83 bits per heavy atom. The van der Waals surface area contributed by atoms with Crippen LogP contribution in [0.15, 0.2) is 64.5 Å². The van der Waals surface area contributed by atoms with Crippen molar-refractivity contribution in [1.29, 1.82) is 0 Å². The standard InChI is InChI=1S/C21H20N6O2S/c1-13-4-6-17(7-5-13)27-19(16-8-10-22-11-9-16)24-25-21(27)30-15(3)20(28)23-18-12-14(2)29-26-18/h4-12,15H,1-3H3,(H,23,26,28). The van der Waals surface area contributed by atoms with Gasteiger partial charge in [-0.2, -0.15) is 0 Å². The molecule has 0 aliphatic heterocycles. The van der Waals surface area contributed by atoms with Gasteiger partial charge >= 0.3 is 0 Å². The number of hydrogen-bond donors (Lipinski definition) is 1. The van der Waals surface area contributed by atoms with Crippen molar-refractivity contribution >= 4 is 23.5 Å². The highest BCUT2D eigenvalue weighted by atomic mass is 32.2. The number of aryl methyl sites for hydroxylation is 2. The maximum Gasteiger partial charge on any atom is 0.238 e. The van der Waals surface area contributed by atoms with Crippen LogP contribution >= 0.6 is 11.8 Å². The lowest BCUT2D eigenvalue weighted by atomic mass is 10.2. The summed E-state index contributed by atoms with van der Waals surface area (Å²) in [5, 5.41) is 15.5. The lowest BCUT2D eigenvalue weighted by Gasteiger charge is -2.13. The van der Waals surface area contributed by atoms with E-state index in [1.807, 2.05) is 54.8 Å². The average Bonchev–Trinajstić information content (AvgIpc) is 3.35. The van der Waals surface area contributed by atoms with E-state index in [9.17, 15) is 4.79 Å². The molecule has 0 spiro atoms. The van der Waals surface area contributed by atoms with Gasteiger partial charge in [0.15, 0.2) is 16.8 Å². The molecule has 3 heterocycles. The van der Waals surface area contributed by atoms with Gasteiger partial charge in [0.05, 0.1) is 5.25 Å². The van der Waals surface area contributed by atoms with Crippen molar-refractivity contribution in [3.05, 3.63) is 66.2 Å². The number of benzene rings is 1. The predicted octanol–water partition coefficient (Wildman–Crippen LogP) is 4.05. The smallest absolute Gasteiger partial charge is 0.238 e. The molecule has 1 N–H and O–H groups in total. The van der Waals surface area contributed by atoms with Gasteiger partial charge in [-0.1, -0.05) is 34.6 Å². The molecule has 152 valence electrons. The molecule has 0 fully saturated rings. The molecule has 0 aliphatic rings. The van der Waals surface area contributed by atoms with E-state index in [4.69, 9.17) is 4.52 Å². The topological polar surface area (TPSA) is 98.7 Å². The number of anilines is 1. The number of nitrogens with one attached hydrogen (secondary N) is 1. The Balaban J connectivity index is 1.65. The number of thioether (sulfide) groups is 1. The van der Waals surface area contributed by atoms with E-state index < -0.39 is 5.25 Å². The molecule has 9 heteroatoms. The second-order valence-corrected chi connectivity index (χ2v) is 8.09. The molecule has 30 heavy (non-hydrogen) atoms. The van der Waals surface area contributed by atoms with E-state index in [-0.39, 0.29) is 5.91 Å². The molecular weight excluding hydrogens is 400 g/mol. The first kappa shape index (κ1) is 19.8. The number of carbonyl (C=O) groups excluding carboxylic acids is 1. The van der Waals surface area contributed by atoms with Gasteiger partial charge in [0, 0.05) is 29.7 Å². The number of hydrogen-bond acceptors (Lipinski definition) is 7. The summed E-state index contributed by atoms with van der Waals surface area (Å²) in [5.74, 6) is 1.51. The summed E-state index contributed by atoms with van der Waals surface area (Å²) in [6, 6.07) is 13.5. The van der Waals surface area contributed by atoms with E-state index in [0.29, 0.717) is 22.6 Å². The Morgan fingerprint density at radius 3 is 2.50 bits per heavy atom. The van der Waals surface area contributed by atoms with Crippen LogP contribution < -0.4 is 5.32 Å². The molecule has 0 saturated heterocycles. The molecule has 1 amide bonds. The minimum atomic E-state index is -0.430. The van der Waals surface area contributed by atoms with Crippen LogP contribution in [-0.2, 0) is 4.79 Å². The molecule has 0 bridgehead atoms. The van der Waals surface area contributed by atoms with Crippen LogP contribution in [0.2, 0.25) is 0 Å². The minimum Gasteiger partial charge on any atom is -0.360 e. The first-order chi connectivity index (χ1) is 14.5. The van der Waals surface area contributed by atoms with Crippen LogP contribution in [0, 0.1) is 13.8 Å². The van der Waals surface area contributed by atoms with Gasteiger partial charge in [0.25, 0.3) is 0 Å². The van der Waals surface area contributed by atoms with Crippen molar-refractivity contribution < 1.29 is 9.32 Å². The Morgan fingerprint density at radius 1 is 1.10 bits per heavy atom. The van der Waals surface area contributed by atoms with Crippen LogP contribution in [0.25, 0.3) is 17.1 Å². The van der Waals surface area contributed by atoms with Gasteiger partial charge in [0.1, 0.15) is 5.76 Å². The molecule has 1 atom stereocenters. The lowest BCUT2D eigenvalue weighted by Crippen LogP contribution is -2.23. The van der Waals surface area contributed by atoms with Gasteiger partial charge in [0.2, 0.25) is 5.91 Å². The number of pyridine rings is 1. The summed E-state index contributed by atoms with van der Waals surface area (Å²) in [6.07, 6.45) is 3.43. The average molecular weight is 420 g/mol. The van der Waals surface area contributed by atoms with Crippen molar-refractivity contribution in [2.75, 3.05) is 5.32 Å². The molecule has 1 aromatic carbocycles. The van der Waals surface area contributed by atoms with Crippen molar-refractivity contribution in [1.82, 2.24) is 24.9 Å². The van der Waals surface area contributed by atoms with Gasteiger partial charge < -0.3 is 9.84 Å². The molecule has 3 aromatic heterocycles. The summed E-state index contributed by atoms with van der Waals surface area (Å²) >= 11 is 1.32. The van der Waals surface area contributed by atoms with Crippen molar-refractivity contribution in [3.8, 4) is 17.1 Å². The summed E-state index contributed by atoms with van der Waals surface area (Å²) < 4.78 is 6.95. The molecule has 0 aliphatic carbocycles. The summed E-state index contributed by atoms with van der Waals surface area (Å²) in [4.78, 5) is 16.7. The van der Waals surface area contributed by atoms with Crippen LogP contribution in [0.1, 0.15) is 18.2 Å². The van der Waals surface area contributed by atoms with Gasteiger partial charge in [-0.3, -0.25) is 14.3 Å². The SMILES string of the molecule is Cc1ccc(-n2c(SC(C)C(=O)Nc3cc(C)on3)nnc2-c2ccncc2)cc1. The fourth-order valence-electron chi connectivity index (χ4n) is 2.83. The summed E-state index contributed by atoms with van der Waals surface area (Å²) in [7, 11) is 0. The molecule has 1 unspecified atom stereocenters. The van der Waals surface area contributed by atoms with E-state index >= 15 is 0 Å². The zero-order chi connectivity index (χ0) is 21.1. The highest BCUT2D eigenvalue weighted by Gasteiger charge is 2.22. The number of aromatic nitrogens is 5. The maximum absolute atomic E-state index is 12.6. The second kappa shape index (κ2) is 8.50. The quantitative estimate of drug-likeness (QED) is 0.470. The Bertz CT molecular complexity index is 1150. The Labute approximate surface area is 177 Å². The largest absolute Gasteiger partial charge is 0.360 e. The first-order valence-electron chi connectivity index (χ1n) is 9.35.